The predicted molar refractivity (Wildman–Crippen MR) is 83.4 cm³/mol. The molecule has 0 radical (unpaired) electrons. The third kappa shape index (κ3) is 4.19. The van der Waals surface area contributed by atoms with Crippen molar-refractivity contribution < 1.29 is 4.79 Å². The molecule has 1 N–H and O–H groups in total. The van der Waals surface area contributed by atoms with Crippen molar-refractivity contribution in [2.75, 3.05) is 17.4 Å². The highest BCUT2D eigenvalue weighted by Gasteiger charge is 2.37. The van der Waals surface area contributed by atoms with Gasteiger partial charge >= 0.3 is 0 Å². The number of amides is 1. The summed E-state index contributed by atoms with van der Waals surface area (Å²) in [4.78, 5) is 14.1. The Balaban J connectivity index is 0.00000180. The maximum absolute atomic E-state index is 12.3. The molecule has 1 amide bonds. The van der Waals surface area contributed by atoms with Crippen molar-refractivity contribution in [1.82, 2.24) is 10.2 Å². The molecule has 0 aliphatic carbocycles. The molecule has 1 unspecified atom stereocenters. The Morgan fingerprint density at radius 2 is 2.26 bits per heavy atom. The first-order valence-electron chi connectivity index (χ1n) is 6.27. The lowest BCUT2D eigenvalue weighted by Crippen LogP contribution is -2.48. The van der Waals surface area contributed by atoms with Gasteiger partial charge in [0.25, 0.3) is 0 Å². The molecular formula is C12H20ClN3OS2. The highest BCUT2D eigenvalue weighted by atomic mass is 35.5. The third-order valence-corrected chi connectivity index (χ3v) is 5.42. The van der Waals surface area contributed by atoms with Crippen LogP contribution in [0.1, 0.15) is 20.3 Å². The van der Waals surface area contributed by atoms with Crippen molar-refractivity contribution in [2.24, 2.45) is 5.92 Å². The van der Waals surface area contributed by atoms with E-state index in [-0.39, 0.29) is 30.4 Å². The smallest absolute Gasteiger partial charge is 0.242 e. The first-order valence-corrected chi connectivity index (χ1v) is 8.47. The van der Waals surface area contributed by atoms with Crippen LogP contribution in [0.3, 0.4) is 0 Å². The van der Waals surface area contributed by atoms with Gasteiger partial charge in [0.15, 0.2) is 0 Å². The Bertz CT molecular complexity index is 361. The van der Waals surface area contributed by atoms with E-state index < -0.39 is 0 Å². The van der Waals surface area contributed by atoms with Gasteiger partial charge in [-0.05, 0) is 12.3 Å². The molecule has 0 bridgehead atoms. The van der Waals surface area contributed by atoms with Crippen molar-refractivity contribution in [1.29, 1.82) is 5.26 Å². The molecule has 0 aromatic rings. The molecule has 108 valence electrons. The molecule has 4 nitrogen and oxygen atoms in total. The summed E-state index contributed by atoms with van der Waals surface area (Å²) >= 11 is 3.49. The molecule has 0 saturated carbocycles. The number of nitrogens with one attached hydrogen (secondary N) is 1. The molecule has 2 fully saturated rings. The Kier molecular flexibility index (Phi) is 6.81. The van der Waals surface area contributed by atoms with Crippen molar-refractivity contribution >= 4 is 41.8 Å². The number of halogens is 1. The van der Waals surface area contributed by atoms with Gasteiger partial charge in [0.05, 0.1) is 23.4 Å². The Morgan fingerprint density at radius 3 is 2.89 bits per heavy atom. The zero-order valence-electron chi connectivity index (χ0n) is 11.2. The van der Waals surface area contributed by atoms with Crippen LogP contribution in [0.5, 0.6) is 0 Å². The summed E-state index contributed by atoms with van der Waals surface area (Å²) in [5, 5.41) is 12.8. The quantitative estimate of drug-likeness (QED) is 0.860. The average molecular weight is 322 g/mol. The fourth-order valence-electron chi connectivity index (χ4n) is 2.21. The molecule has 2 rings (SSSR count). The summed E-state index contributed by atoms with van der Waals surface area (Å²) in [6, 6.07) is 1.87. The van der Waals surface area contributed by atoms with Gasteiger partial charge in [-0.25, -0.2) is 0 Å². The van der Waals surface area contributed by atoms with Gasteiger partial charge in [-0.3, -0.25) is 10.1 Å². The molecule has 2 aliphatic heterocycles. The van der Waals surface area contributed by atoms with Crippen LogP contribution in [-0.4, -0.2) is 45.6 Å². The van der Waals surface area contributed by atoms with Gasteiger partial charge < -0.3 is 4.90 Å². The highest BCUT2D eigenvalue weighted by molar-refractivity contribution is 8.00. The van der Waals surface area contributed by atoms with Crippen LogP contribution in [-0.2, 0) is 4.79 Å². The number of hydrogen-bond acceptors (Lipinski definition) is 5. The third-order valence-electron chi connectivity index (χ3n) is 3.15. The zero-order valence-corrected chi connectivity index (χ0v) is 13.6. The lowest BCUT2D eigenvalue weighted by atomic mass is 10.1. The Morgan fingerprint density at radius 1 is 1.53 bits per heavy atom. The van der Waals surface area contributed by atoms with Gasteiger partial charge in [-0.15, -0.1) is 35.9 Å². The van der Waals surface area contributed by atoms with Gasteiger partial charge in [-0.1, -0.05) is 13.8 Å². The fraction of sp³-hybridized carbons (Fsp3) is 0.833. The van der Waals surface area contributed by atoms with E-state index in [1.54, 1.807) is 16.7 Å². The fourth-order valence-corrected chi connectivity index (χ4v) is 4.74. The van der Waals surface area contributed by atoms with Crippen molar-refractivity contribution in [3.63, 3.8) is 0 Å². The summed E-state index contributed by atoms with van der Waals surface area (Å²) in [7, 11) is 0. The molecule has 3 atom stereocenters. The SMILES string of the molecule is CC(C)CC1N[C@H](C(=O)N2CSC[C@H]2C#N)CS1.Cl. The molecule has 2 aliphatic rings. The molecule has 0 aromatic carbocycles. The maximum Gasteiger partial charge on any atom is 0.242 e. The van der Waals surface area contributed by atoms with E-state index in [0.29, 0.717) is 17.2 Å². The van der Waals surface area contributed by atoms with E-state index in [1.165, 1.54) is 0 Å². The summed E-state index contributed by atoms with van der Waals surface area (Å²) in [6.45, 7) is 4.39. The molecule has 0 aromatic heterocycles. The summed E-state index contributed by atoms with van der Waals surface area (Å²) in [6.07, 6.45) is 1.09. The number of hydrogen-bond donors (Lipinski definition) is 1. The molecule has 7 heteroatoms. The van der Waals surface area contributed by atoms with Crippen LogP contribution in [0.15, 0.2) is 0 Å². The zero-order chi connectivity index (χ0) is 13.1. The lowest BCUT2D eigenvalue weighted by molar-refractivity contribution is -0.132. The number of rotatable bonds is 3. The number of carbonyl (C=O) groups excluding carboxylic acids is 1. The van der Waals surface area contributed by atoms with Crippen LogP contribution < -0.4 is 5.32 Å². The molecular weight excluding hydrogens is 302 g/mol. The minimum Gasteiger partial charge on any atom is -0.315 e. The number of carbonyl (C=O) groups is 1. The van der Waals surface area contributed by atoms with Crippen LogP contribution >= 0.6 is 35.9 Å². The molecule has 19 heavy (non-hydrogen) atoms. The van der Waals surface area contributed by atoms with Crippen LogP contribution in [0.25, 0.3) is 0 Å². The van der Waals surface area contributed by atoms with Crippen LogP contribution in [0.4, 0.5) is 0 Å². The second-order valence-corrected chi connectivity index (χ2v) is 7.36. The lowest BCUT2D eigenvalue weighted by Gasteiger charge is -2.22. The van der Waals surface area contributed by atoms with Gasteiger partial charge in [0, 0.05) is 11.5 Å². The van der Waals surface area contributed by atoms with Gasteiger partial charge in [-0.2, -0.15) is 5.26 Å². The van der Waals surface area contributed by atoms with E-state index in [0.717, 1.165) is 17.9 Å². The van der Waals surface area contributed by atoms with Crippen LogP contribution in [0.2, 0.25) is 0 Å². The second kappa shape index (κ2) is 7.63. The summed E-state index contributed by atoms with van der Waals surface area (Å²) in [5.74, 6) is 2.98. The first-order chi connectivity index (χ1) is 8.61. The van der Waals surface area contributed by atoms with Gasteiger partial charge in [0.1, 0.15) is 6.04 Å². The van der Waals surface area contributed by atoms with E-state index in [2.05, 4.69) is 25.2 Å². The van der Waals surface area contributed by atoms with E-state index in [9.17, 15) is 4.79 Å². The Hall–Kier alpha value is -0.0900. The minimum atomic E-state index is -0.238. The minimum absolute atomic E-state index is 0. The average Bonchev–Trinajstić information content (AvgIpc) is 2.95. The number of nitrogens with zero attached hydrogens (tertiary/aromatic N) is 2. The molecule has 2 heterocycles. The predicted octanol–water partition coefficient (Wildman–Crippen LogP) is 1.91. The second-order valence-electron chi connectivity index (χ2n) is 5.12. The maximum atomic E-state index is 12.3. The van der Waals surface area contributed by atoms with Crippen molar-refractivity contribution in [3.8, 4) is 6.07 Å². The normalized spacial score (nSPS) is 30.2. The van der Waals surface area contributed by atoms with E-state index in [4.69, 9.17) is 5.26 Å². The van der Waals surface area contributed by atoms with Crippen molar-refractivity contribution in [3.05, 3.63) is 0 Å². The number of thioether (sulfide) groups is 2. The first kappa shape index (κ1) is 17.0. The summed E-state index contributed by atoms with van der Waals surface area (Å²) in [5.41, 5.74) is 0. The van der Waals surface area contributed by atoms with Crippen LogP contribution in [0, 0.1) is 17.2 Å². The molecule has 2 saturated heterocycles. The monoisotopic (exact) mass is 321 g/mol. The molecule has 0 spiro atoms. The van der Waals surface area contributed by atoms with E-state index >= 15 is 0 Å². The number of nitriles is 1. The topological polar surface area (TPSA) is 56.1 Å². The van der Waals surface area contributed by atoms with E-state index in [1.807, 2.05) is 11.8 Å². The standard InChI is InChI=1S/C12H19N3OS2.ClH/c1-8(2)3-11-14-10(6-18-11)12(16)15-7-17-5-9(15)4-13;/h8-11,14H,3,5-7H2,1-2H3;1H/t9-,10+,11?;/m1./s1. The van der Waals surface area contributed by atoms with Crippen molar-refractivity contribution in [2.45, 2.75) is 37.7 Å². The summed E-state index contributed by atoms with van der Waals surface area (Å²) < 4.78 is 0. The highest BCUT2D eigenvalue weighted by Crippen LogP contribution is 2.27. The Labute approximate surface area is 129 Å². The largest absolute Gasteiger partial charge is 0.315 e. The van der Waals surface area contributed by atoms with Gasteiger partial charge in [0.2, 0.25) is 5.91 Å².